The minimum absolute atomic E-state index is 0.401. The van der Waals surface area contributed by atoms with Crippen molar-refractivity contribution in [3.63, 3.8) is 0 Å². The van der Waals surface area contributed by atoms with Gasteiger partial charge in [0.2, 0.25) is 0 Å². The molecule has 0 saturated heterocycles. The Hall–Kier alpha value is -2.62. The lowest BCUT2D eigenvalue weighted by molar-refractivity contribution is 0.176. The minimum atomic E-state index is 0.401. The molecule has 5 nitrogen and oxygen atoms in total. The van der Waals surface area contributed by atoms with Gasteiger partial charge in [-0.1, -0.05) is 36.0 Å². The number of rotatable bonds is 6. The van der Waals surface area contributed by atoms with Crippen molar-refractivity contribution in [2.24, 2.45) is 0 Å². The van der Waals surface area contributed by atoms with Crippen LogP contribution < -0.4 is 0 Å². The molecule has 1 aromatic heterocycles. The number of thioether (sulfide) groups is 1. The first-order chi connectivity index (χ1) is 12.2. The molecule has 0 N–H and O–H groups in total. The van der Waals surface area contributed by atoms with Crippen molar-refractivity contribution in [2.45, 2.75) is 24.4 Å². The summed E-state index contributed by atoms with van der Waals surface area (Å²) >= 11 is 1.61. The summed E-state index contributed by atoms with van der Waals surface area (Å²) in [5, 5.41) is 18.3. The van der Waals surface area contributed by atoms with E-state index in [4.69, 9.17) is 10.00 Å². The van der Waals surface area contributed by atoms with E-state index in [1.807, 2.05) is 41.0 Å². The molecule has 0 fully saturated rings. The lowest BCUT2D eigenvalue weighted by atomic mass is 10.2. The van der Waals surface area contributed by atoms with Gasteiger partial charge >= 0.3 is 0 Å². The first-order valence-electron chi connectivity index (χ1n) is 7.83. The monoisotopic (exact) mass is 350 g/mol. The summed E-state index contributed by atoms with van der Waals surface area (Å²) in [6, 6.07) is 18.0. The highest BCUT2D eigenvalue weighted by atomic mass is 32.2. The van der Waals surface area contributed by atoms with Crippen molar-refractivity contribution in [1.82, 2.24) is 14.8 Å². The third kappa shape index (κ3) is 4.08. The Kier molecular flexibility index (Phi) is 5.49. The third-order valence-corrected chi connectivity index (χ3v) is 4.68. The Morgan fingerprint density at radius 3 is 2.64 bits per heavy atom. The van der Waals surface area contributed by atoms with Crippen LogP contribution in [0.3, 0.4) is 0 Å². The maximum Gasteiger partial charge on any atom is 0.196 e. The molecule has 0 aliphatic rings. The number of benzene rings is 2. The van der Waals surface area contributed by atoms with Gasteiger partial charge in [-0.25, -0.2) is 0 Å². The SMILES string of the molecule is COCc1nnc(SCc2ccc(C#N)cc2)n1-c1cccc(C)c1. The smallest absolute Gasteiger partial charge is 0.196 e. The van der Waals surface area contributed by atoms with Gasteiger partial charge in [-0.3, -0.25) is 4.57 Å². The van der Waals surface area contributed by atoms with Crippen LogP contribution in [0.2, 0.25) is 0 Å². The summed E-state index contributed by atoms with van der Waals surface area (Å²) in [6.45, 7) is 2.46. The highest BCUT2D eigenvalue weighted by Crippen LogP contribution is 2.26. The zero-order valence-electron chi connectivity index (χ0n) is 14.1. The van der Waals surface area contributed by atoms with Crippen LogP contribution in [0.1, 0.15) is 22.5 Å². The number of nitrogens with zero attached hydrogens (tertiary/aromatic N) is 4. The van der Waals surface area contributed by atoms with Gasteiger partial charge in [-0.2, -0.15) is 5.26 Å². The molecular formula is C19H18N4OS. The fraction of sp³-hybridized carbons (Fsp3) is 0.211. The lowest BCUT2D eigenvalue weighted by Crippen LogP contribution is -2.04. The Morgan fingerprint density at radius 1 is 1.16 bits per heavy atom. The van der Waals surface area contributed by atoms with Crippen LogP contribution in [0.25, 0.3) is 5.69 Å². The third-order valence-electron chi connectivity index (χ3n) is 3.68. The maximum atomic E-state index is 8.89. The summed E-state index contributed by atoms with van der Waals surface area (Å²) in [4.78, 5) is 0. The van der Waals surface area contributed by atoms with Crippen molar-refractivity contribution in [3.05, 3.63) is 71.0 Å². The van der Waals surface area contributed by atoms with Crippen molar-refractivity contribution >= 4 is 11.8 Å². The van der Waals surface area contributed by atoms with Crippen LogP contribution in [0, 0.1) is 18.3 Å². The summed E-state index contributed by atoms with van der Waals surface area (Å²) in [5.74, 6) is 1.53. The van der Waals surface area contributed by atoms with Gasteiger partial charge in [0.15, 0.2) is 11.0 Å². The molecule has 126 valence electrons. The van der Waals surface area contributed by atoms with E-state index in [0.29, 0.717) is 12.2 Å². The molecule has 0 aliphatic carbocycles. The molecule has 0 bridgehead atoms. The lowest BCUT2D eigenvalue weighted by Gasteiger charge is -2.10. The highest BCUT2D eigenvalue weighted by molar-refractivity contribution is 7.98. The largest absolute Gasteiger partial charge is 0.377 e. The molecule has 0 radical (unpaired) electrons. The number of hydrogen-bond acceptors (Lipinski definition) is 5. The van der Waals surface area contributed by atoms with Gasteiger partial charge < -0.3 is 4.74 Å². The van der Waals surface area contributed by atoms with Crippen LogP contribution in [0.15, 0.2) is 53.7 Å². The predicted molar refractivity (Wildman–Crippen MR) is 97.5 cm³/mol. The van der Waals surface area contributed by atoms with Crippen LogP contribution in [-0.4, -0.2) is 21.9 Å². The Labute approximate surface area is 151 Å². The van der Waals surface area contributed by atoms with E-state index < -0.39 is 0 Å². The van der Waals surface area contributed by atoms with Crippen LogP contribution in [0.5, 0.6) is 0 Å². The fourth-order valence-corrected chi connectivity index (χ4v) is 3.39. The standard InChI is InChI=1S/C19H18N4OS/c1-14-4-3-5-17(10-14)23-18(12-24-2)21-22-19(23)25-13-16-8-6-15(11-20)7-9-16/h3-10H,12-13H2,1-2H3. The highest BCUT2D eigenvalue weighted by Gasteiger charge is 2.14. The number of nitriles is 1. The quantitative estimate of drug-likeness (QED) is 0.631. The Bertz CT molecular complexity index is 897. The number of methoxy groups -OCH3 is 1. The second-order valence-corrected chi connectivity index (χ2v) is 6.55. The summed E-state index contributed by atoms with van der Waals surface area (Å²) in [7, 11) is 1.65. The average molecular weight is 350 g/mol. The molecule has 0 unspecified atom stereocenters. The second-order valence-electron chi connectivity index (χ2n) is 5.60. The van der Waals surface area contributed by atoms with Gasteiger partial charge in [-0.05, 0) is 42.3 Å². The molecule has 1 heterocycles. The van der Waals surface area contributed by atoms with Gasteiger partial charge in [0.1, 0.15) is 6.61 Å². The van der Waals surface area contributed by atoms with Crippen LogP contribution in [0.4, 0.5) is 0 Å². The summed E-state index contributed by atoms with van der Waals surface area (Å²) in [6.07, 6.45) is 0. The minimum Gasteiger partial charge on any atom is -0.377 e. The van der Waals surface area contributed by atoms with Crippen molar-refractivity contribution < 1.29 is 4.74 Å². The first-order valence-corrected chi connectivity index (χ1v) is 8.82. The topological polar surface area (TPSA) is 63.7 Å². The zero-order valence-corrected chi connectivity index (χ0v) is 15.0. The van der Waals surface area contributed by atoms with Crippen molar-refractivity contribution in [3.8, 4) is 11.8 Å². The summed E-state index contributed by atoms with van der Waals surface area (Å²) < 4.78 is 7.29. The van der Waals surface area contributed by atoms with E-state index >= 15 is 0 Å². The molecule has 6 heteroatoms. The fourth-order valence-electron chi connectivity index (χ4n) is 2.47. The molecular weight excluding hydrogens is 332 g/mol. The number of hydrogen-bond donors (Lipinski definition) is 0. The molecule has 3 rings (SSSR count). The molecule has 3 aromatic rings. The normalized spacial score (nSPS) is 10.6. The van der Waals surface area contributed by atoms with E-state index in [1.54, 1.807) is 18.9 Å². The van der Waals surface area contributed by atoms with Crippen LogP contribution in [-0.2, 0) is 17.1 Å². The maximum absolute atomic E-state index is 8.89. The van der Waals surface area contributed by atoms with Crippen molar-refractivity contribution in [1.29, 1.82) is 5.26 Å². The Morgan fingerprint density at radius 2 is 1.96 bits per heavy atom. The first kappa shape index (κ1) is 17.2. The van der Waals surface area contributed by atoms with Gasteiger partial charge in [0.05, 0.1) is 11.6 Å². The van der Waals surface area contributed by atoms with E-state index in [2.05, 4.69) is 35.3 Å². The van der Waals surface area contributed by atoms with Crippen LogP contribution >= 0.6 is 11.8 Å². The zero-order chi connectivity index (χ0) is 17.6. The summed E-state index contributed by atoms with van der Waals surface area (Å²) in [5.41, 5.74) is 4.01. The molecule has 2 aromatic carbocycles. The molecule has 0 atom stereocenters. The van der Waals surface area contributed by atoms with E-state index in [0.717, 1.165) is 28.0 Å². The van der Waals surface area contributed by atoms with Gasteiger partial charge in [0.25, 0.3) is 0 Å². The molecule has 25 heavy (non-hydrogen) atoms. The number of aromatic nitrogens is 3. The predicted octanol–water partition coefficient (Wildman–Crippen LogP) is 3.89. The van der Waals surface area contributed by atoms with E-state index in [-0.39, 0.29) is 0 Å². The van der Waals surface area contributed by atoms with E-state index in [9.17, 15) is 0 Å². The number of ether oxygens (including phenoxy) is 1. The Balaban J connectivity index is 1.86. The van der Waals surface area contributed by atoms with Gasteiger partial charge in [0, 0.05) is 18.6 Å². The number of aryl methyl sites for hydroxylation is 1. The average Bonchev–Trinajstić information content (AvgIpc) is 3.03. The second kappa shape index (κ2) is 7.97. The molecule has 0 amide bonds. The molecule has 0 spiro atoms. The van der Waals surface area contributed by atoms with Gasteiger partial charge in [-0.15, -0.1) is 10.2 Å². The van der Waals surface area contributed by atoms with E-state index in [1.165, 1.54) is 5.56 Å². The molecule has 0 aliphatic heterocycles. The van der Waals surface area contributed by atoms with Crippen molar-refractivity contribution in [2.75, 3.05) is 7.11 Å². The molecule has 0 saturated carbocycles.